The first-order valence-corrected chi connectivity index (χ1v) is 15.6. The Morgan fingerprint density at radius 1 is 1.02 bits per heavy atom. The van der Waals surface area contributed by atoms with Crippen molar-refractivity contribution in [2.24, 2.45) is 0 Å². The van der Waals surface area contributed by atoms with Crippen molar-refractivity contribution in [3.05, 3.63) is 93.0 Å². The summed E-state index contributed by atoms with van der Waals surface area (Å²) in [4.78, 5) is 48.2. The Labute approximate surface area is 255 Å². The smallest absolute Gasteiger partial charge is 0.341 e. The minimum absolute atomic E-state index is 0.233. The number of nitrogens with one attached hydrogen (secondary N) is 1. The third-order valence-electron chi connectivity index (χ3n) is 8.35. The number of rotatable bonds is 7. The zero-order valence-electron chi connectivity index (χ0n) is 24.6. The monoisotopic (exact) mass is 597 g/mol. The minimum Gasteiger partial charge on any atom is -0.462 e. The van der Waals surface area contributed by atoms with E-state index in [9.17, 15) is 14.4 Å². The average molecular weight is 598 g/mol. The molecule has 0 saturated carbocycles. The first kappa shape index (κ1) is 29.0. The number of hydrogen-bond donors (Lipinski definition) is 1. The van der Waals surface area contributed by atoms with Gasteiger partial charge in [0.1, 0.15) is 5.00 Å². The van der Waals surface area contributed by atoms with E-state index >= 15 is 0 Å². The molecule has 4 aromatic rings. The Bertz CT molecular complexity index is 1700. The summed E-state index contributed by atoms with van der Waals surface area (Å²) in [5, 5.41) is 4.05. The summed E-state index contributed by atoms with van der Waals surface area (Å²) in [5.41, 5.74) is 5.53. The number of anilines is 1. The van der Waals surface area contributed by atoms with Crippen molar-refractivity contribution in [2.75, 3.05) is 25.5 Å². The Morgan fingerprint density at radius 2 is 1.79 bits per heavy atom. The van der Waals surface area contributed by atoms with Gasteiger partial charge in [0.2, 0.25) is 0 Å². The van der Waals surface area contributed by atoms with Gasteiger partial charge in [0.05, 0.1) is 23.3 Å². The summed E-state index contributed by atoms with van der Waals surface area (Å²) in [6.07, 6.45) is 2.04. The van der Waals surface area contributed by atoms with Gasteiger partial charge >= 0.3 is 11.9 Å². The fraction of sp³-hybridized carbons (Fsp3) is 0.353. The van der Waals surface area contributed by atoms with Crippen molar-refractivity contribution in [3.8, 4) is 0 Å². The molecule has 2 aromatic carbocycles. The molecule has 43 heavy (non-hydrogen) atoms. The molecule has 3 heterocycles. The van der Waals surface area contributed by atoms with E-state index in [0.29, 0.717) is 40.4 Å². The summed E-state index contributed by atoms with van der Waals surface area (Å²) in [7, 11) is 2.01. The highest BCUT2D eigenvalue weighted by atomic mass is 32.1. The number of ether oxygens (including phenoxy) is 2. The van der Waals surface area contributed by atoms with Crippen molar-refractivity contribution >= 4 is 45.1 Å². The van der Waals surface area contributed by atoms with Crippen LogP contribution in [-0.4, -0.2) is 54.0 Å². The van der Waals surface area contributed by atoms with E-state index in [0.717, 1.165) is 53.0 Å². The molecule has 1 N–H and O–H groups in total. The van der Waals surface area contributed by atoms with Crippen LogP contribution < -0.4 is 5.32 Å². The lowest BCUT2D eigenvalue weighted by Crippen LogP contribution is -2.32. The van der Waals surface area contributed by atoms with Crippen LogP contribution in [-0.2, 0) is 40.1 Å². The summed E-state index contributed by atoms with van der Waals surface area (Å²) in [6, 6.07) is 17.9. The number of likely N-dealkylation sites (N-methyl/N-ethyl adjacent to an activating group) is 1. The second kappa shape index (κ2) is 12.3. The highest BCUT2D eigenvalue weighted by Gasteiger charge is 2.33. The molecule has 2 aliphatic rings. The van der Waals surface area contributed by atoms with Crippen molar-refractivity contribution in [1.82, 2.24) is 9.88 Å². The van der Waals surface area contributed by atoms with Crippen molar-refractivity contribution in [3.63, 3.8) is 0 Å². The Morgan fingerprint density at radius 3 is 2.58 bits per heavy atom. The molecule has 6 rings (SSSR count). The molecule has 1 aliphatic carbocycles. The number of amides is 1. The molecular formula is C34H35N3O5S. The molecule has 0 spiro atoms. The number of benzene rings is 2. The fourth-order valence-electron chi connectivity index (χ4n) is 6.15. The van der Waals surface area contributed by atoms with Gasteiger partial charge in [-0.1, -0.05) is 48.5 Å². The van der Waals surface area contributed by atoms with Gasteiger partial charge in [-0.3, -0.25) is 9.78 Å². The topological polar surface area (TPSA) is 97.8 Å². The Hall–Kier alpha value is -4.08. The summed E-state index contributed by atoms with van der Waals surface area (Å²) in [6.45, 7) is 4.98. The lowest BCUT2D eigenvalue weighted by Gasteiger charge is -2.27. The van der Waals surface area contributed by atoms with Gasteiger partial charge in [-0.15, -0.1) is 11.3 Å². The van der Waals surface area contributed by atoms with Gasteiger partial charge in [0.25, 0.3) is 5.91 Å². The molecule has 2 atom stereocenters. The van der Waals surface area contributed by atoms with Crippen LogP contribution in [0, 0.1) is 0 Å². The normalized spacial score (nSPS) is 17.0. The van der Waals surface area contributed by atoms with Gasteiger partial charge in [0, 0.05) is 41.0 Å². The summed E-state index contributed by atoms with van der Waals surface area (Å²) >= 11 is 1.41. The molecule has 0 radical (unpaired) electrons. The van der Waals surface area contributed by atoms with E-state index in [4.69, 9.17) is 14.5 Å². The number of pyridine rings is 1. The largest absolute Gasteiger partial charge is 0.462 e. The van der Waals surface area contributed by atoms with Crippen LogP contribution in [0.1, 0.15) is 74.2 Å². The highest BCUT2D eigenvalue weighted by molar-refractivity contribution is 7.17. The van der Waals surface area contributed by atoms with Gasteiger partial charge in [-0.25, -0.2) is 9.59 Å². The van der Waals surface area contributed by atoms with Gasteiger partial charge in [-0.05, 0) is 63.3 Å². The first-order chi connectivity index (χ1) is 20.8. The van der Waals surface area contributed by atoms with Crippen LogP contribution in [0.15, 0.2) is 54.6 Å². The number of fused-ring (bicyclic) bond motifs is 3. The molecule has 1 aliphatic heterocycles. The van der Waals surface area contributed by atoms with Crippen LogP contribution in [0.25, 0.3) is 10.9 Å². The zero-order valence-corrected chi connectivity index (χ0v) is 25.5. The first-order valence-electron chi connectivity index (χ1n) is 14.8. The van der Waals surface area contributed by atoms with E-state index in [1.807, 2.05) is 49.5 Å². The maximum absolute atomic E-state index is 13.7. The van der Waals surface area contributed by atoms with Crippen molar-refractivity contribution in [2.45, 2.75) is 58.1 Å². The number of esters is 2. The maximum atomic E-state index is 13.7. The Balaban J connectivity index is 1.25. The summed E-state index contributed by atoms with van der Waals surface area (Å²) < 4.78 is 11.2. The van der Waals surface area contributed by atoms with Crippen molar-refractivity contribution in [1.29, 1.82) is 0 Å². The standard InChI is InChI=1S/C34H35N3O5S/c1-4-41-33(39)30-24-15-14-22(21-10-6-5-7-11-21)18-28(24)43-32(30)36-31(38)20(2)42-34(40)29-23-12-8-9-13-26(23)35-27-16-17-37(3)19-25(27)29/h5-13,20,22H,4,14-19H2,1-3H3,(H,36,38). The van der Waals surface area contributed by atoms with Crippen molar-refractivity contribution < 1.29 is 23.9 Å². The molecule has 1 amide bonds. The molecule has 0 fully saturated rings. The maximum Gasteiger partial charge on any atom is 0.341 e. The van der Waals surface area contributed by atoms with Gasteiger partial charge in [-0.2, -0.15) is 0 Å². The van der Waals surface area contributed by atoms with E-state index in [2.05, 4.69) is 22.3 Å². The van der Waals surface area contributed by atoms with Crippen LogP contribution in [0.3, 0.4) is 0 Å². The number of para-hydroxylation sites is 1. The minimum atomic E-state index is -1.09. The number of carbonyl (C=O) groups is 3. The van der Waals surface area contributed by atoms with Crippen LogP contribution >= 0.6 is 11.3 Å². The average Bonchev–Trinajstić information content (AvgIpc) is 3.37. The number of nitrogens with zero attached hydrogens (tertiary/aromatic N) is 2. The predicted molar refractivity (Wildman–Crippen MR) is 167 cm³/mol. The van der Waals surface area contributed by atoms with Crippen LogP contribution in [0.2, 0.25) is 0 Å². The Kier molecular flexibility index (Phi) is 8.27. The number of aromatic nitrogens is 1. The van der Waals surface area contributed by atoms with Gasteiger partial charge in [0.15, 0.2) is 6.10 Å². The highest BCUT2D eigenvalue weighted by Crippen LogP contribution is 2.43. The van der Waals surface area contributed by atoms with E-state index in [1.54, 1.807) is 13.8 Å². The molecule has 2 aromatic heterocycles. The molecule has 9 heteroatoms. The fourth-order valence-corrected chi connectivity index (χ4v) is 7.47. The molecule has 222 valence electrons. The second-order valence-electron chi connectivity index (χ2n) is 11.2. The zero-order chi connectivity index (χ0) is 30.1. The third kappa shape index (κ3) is 5.79. The van der Waals surface area contributed by atoms with E-state index in [1.165, 1.54) is 16.9 Å². The lowest BCUT2D eigenvalue weighted by molar-refractivity contribution is -0.123. The second-order valence-corrected chi connectivity index (χ2v) is 12.3. The lowest BCUT2D eigenvalue weighted by atomic mass is 9.83. The molecular weight excluding hydrogens is 562 g/mol. The summed E-state index contributed by atoms with van der Waals surface area (Å²) in [5.74, 6) is -1.17. The third-order valence-corrected chi connectivity index (χ3v) is 9.52. The molecule has 2 unspecified atom stereocenters. The number of thiophene rings is 1. The quantitative estimate of drug-likeness (QED) is 0.264. The van der Waals surface area contributed by atoms with E-state index in [-0.39, 0.29) is 6.61 Å². The van der Waals surface area contributed by atoms with Gasteiger partial charge < -0.3 is 19.7 Å². The number of carbonyl (C=O) groups excluding carboxylic acids is 3. The van der Waals surface area contributed by atoms with Crippen LogP contribution in [0.5, 0.6) is 0 Å². The predicted octanol–water partition coefficient (Wildman–Crippen LogP) is 5.92. The van der Waals surface area contributed by atoms with Crippen LogP contribution in [0.4, 0.5) is 5.00 Å². The van der Waals surface area contributed by atoms with E-state index < -0.39 is 23.9 Å². The SMILES string of the molecule is CCOC(=O)c1c(NC(=O)C(C)OC(=O)c2c3c(nc4ccccc24)CCN(C)C3)sc2c1CCC(c1ccccc1)C2. The molecule has 0 saturated heterocycles. The molecule has 0 bridgehead atoms. The number of hydrogen-bond acceptors (Lipinski definition) is 8. The molecule has 8 nitrogen and oxygen atoms in total.